The monoisotopic (exact) mass is 192 g/mol. The van der Waals surface area contributed by atoms with Crippen LogP contribution >= 0.6 is 0 Å². The maximum atomic E-state index is 10.3. The summed E-state index contributed by atoms with van der Waals surface area (Å²) in [5, 5.41) is 10.3. The first kappa shape index (κ1) is 11.3. The third-order valence-electron chi connectivity index (χ3n) is 2.45. The second-order valence-electron chi connectivity index (χ2n) is 4.74. The molecule has 1 N–H and O–H groups in total. The van der Waals surface area contributed by atoms with Crippen molar-refractivity contribution in [2.45, 2.75) is 39.7 Å². The Morgan fingerprint density at radius 3 is 2.50 bits per heavy atom. The molecule has 0 aliphatic heterocycles. The highest BCUT2D eigenvalue weighted by Crippen LogP contribution is 2.28. The van der Waals surface area contributed by atoms with E-state index < -0.39 is 5.60 Å². The molecule has 0 aliphatic rings. The lowest BCUT2D eigenvalue weighted by Crippen LogP contribution is -2.23. The van der Waals surface area contributed by atoms with E-state index in [0.717, 1.165) is 12.0 Å². The molecule has 0 aromatic heterocycles. The molecule has 0 saturated heterocycles. The molecule has 0 aliphatic carbocycles. The highest BCUT2D eigenvalue weighted by atomic mass is 16.3. The molecule has 1 aromatic carbocycles. The zero-order valence-corrected chi connectivity index (χ0v) is 9.54. The first-order valence-electron chi connectivity index (χ1n) is 5.21. The lowest BCUT2D eigenvalue weighted by atomic mass is 9.87. The van der Waals surface area contributed by atoms with Crippen LogP contribution in [0.25, 0.3) is 0 Å². The lowest BCUT2D eigenvalue weighted by molar-refractivity contribution is 0.0348. The van der Waals surface area contributed by atoms with Gasteiger partial charge in [-0.25, -0.2) is 0 Å². The van der Waals surface area contributed by atoms with Crippen LogP contribution in [-0.4, -0.2) is 5.11 Å². The van der Waals surface area contributed by atoms with E-state index in [1.165, 1.54) is 5.56 Å². The average molecular weight is 192 g/mol. The van der Waals surface area contributed by atoms with Crippen molar-refractivity contribution in [3.8, 4) is 0 Å². The number of hydrogen-bond acceptors (Lipinski definition) is 1. The van der Waals surface area contributed by atoms with E-state index >= 15 is 0 Å². The van der Waals surface area contributed by atoms with E-state index in [2.05, 4.69) is 32.9 Å². The van der Waals surface area contributed by atoms with Crippen LogP contribution in [0.15, 0.2) is 24.3 Å². The van der Waals surface area contributed by atoms with Crippen LogP contribution < -0.4 is 0 Å². The molecule has 1 heteroatoms. The predicted octanol–water partition coefficient (Wildman–Crippen LogP) is 3.25. The van der Waals surface area contributed by atoms with Crippen LogP contribution in [0, 0.1) is 12.8 Å². The Balaban J connectivity index is 2.91. The summed E-state index contributed by atoms with van der Waals surface area (Å²) in [7, 11) is 0. The van der Waals surface area contributed by atoms with Crippen molar-refractivity contribution in [1.82, 2.24) is 0 Å². The number of rotatable bonds is 3. The number of aliphatic hydroxyl groups is 1. The van der Waals surface area contributed by atoms with Gasteiger partial charge >= 0.3 is 0 Å². The molecule has 14 heavy (non-hydrogen) atoms. The maximum Gasteiger partial charge on any atom is 0.0871 e. The van der Waals surface area contributed by atoms with Crippen molar-refractivity contribution in [1.29, 1.82) is 0 Å². The van der Waals surface area contributed by atoms with Crippen molar-refractivity contribution >= 4 is 0 Å². The largest absolute Gasteiger partial charge is 0.385 e. The molecule has 0 amide bonds. The lowest BCUT2D eigenvalue weighted by Gasteiger charge is -2.26. The van der Waals surface area contributed by atoms with Gasteiger partial charge in [-0.2, -0.15) is 0 Å². The van der Waals surface area contributed by atoms with E-state index in [9.17, 15) is 5.11 Å². The van der Waals surface area contributed by atoms with Gasteiger partial charge in [0, 0.05) is 0 Å². The molecule has 1 atom stereocenters. The molecule has 0 fully saturated rings. The van der Waals surface area contributed by atoms with Crippen molar-refractivity contribution < 1.29 is 5.11 Å². The van der Waals surface area contributed by atoms with Crippen molar-refractivity contribution in [2.24, 2.45) is 5.92 Å². The molecule has 1 rings (SSSR count). The van der Waals surface area contributed by atoms with E-state index in [4.69, 9.17) is 0 Å². The summed E-state index contributed by atoms with van der Waals surface area (Å²) >= 11 is 0. The Labute approximate surface area is 86.8 Å². The summed E-state index contributed by atoms with van der Waals surface area (Å²) in [5.74, 6) is 0.505. The second kappa shape index (κ2) is 4.14. The standard InChI is InChI=1S/C13H20O/c1-10(2)9-13(4,14)12-7-5-6-11(3)8-12/h5-8,10,14H,9H2,1-4H3. The van der Waals surface area contributed by atoms with Crippen LogP contribution in [0.3, 0.4) is 0 Å². The average Bonchev–Trinajstić information content (AvgIpc) is 2.01. The van der Waals surface area contributed by atoms with Crippen LogP contribution in [0.4, 0.5) is 0 Å². The Morgan fingerprint density at radius 2 is 2.00 bits per heavy atom. The molecule has 78 valence electrons. The smallest absolute Gasteiger partial charge is 0.0871 e. The molecule has 0 bridgehead atoms. The quantitative estimate of drug-likeness (QED) is 0.779. The Kier molecular flexibility index (Phi) is 3.33. The van der Waals surface area contributed by atoms with Gasteiger partial charge < -0.3 is 5.11 Å². The fourth-order valence-electron chi connectivity index (χ4n) is 1.89. The molecule has 1 unspecified atom stereocenters. The van der Waals surface area contributed by atoms with E-state index in [1.807, 2.05) is 19.1 Å². The van der Waals surface area contributed by atoms with Gasteiger partial charge in [-0.15, -0.1) is 0 Å². The second-order valence-corrected chi connectivity index (χ2v) is 4.74. The Morgan fingerprint density at radius 1 is 1.36 bits per heavy atom. The fourth-order valence-corrected chi connectivity index (χ4v) is 1.89. The zero-order chi connectivity index (χ0) is 10.8. The summed E-state index contributed by atoms with van der Waals surface area (Å²) in [5.41, 5.74) is 1.53. The minimum atomic E-state index is -0.694. The summed E-state index contributed by atoms with van der Waals surface area (Å²) in [4.78, 5) is 0. The van der Waals surface area contributed by atoms with Gasteiger partial charge in [0.2, 0.25) is 0 Å². The third-order valence-corrected chi connectivity index (χ3v) is 2.45. The molecular formula is C13H20O. The first-order chi connectivity index (χ1) is 6.42. The summed E-state index contributed by atoms with van der Waals surface area (Å²) < 4.78 is 0. The number of benzene rings is 1. The van der Waals surface area contributed by atoms with Crippen molar-refractivity contribution in [2.75, 3.05) is 0 Å². The SMILES string of the molecule is Cc1cccc(C(C)(O)CC(C)C)c1. The summed E-state index contributed by atoms with van der Waals surface area (Å²) in [6.07, 6.45) is 0.802. The molecular weight excluding hydrogens is 172 g/mol. The summed E-state index contributed by atoms with van der Waals surface area (Å²) in [6.45, 7) is 8.20. The van der Waals surface area contributed by atoms with Gasteiger partial charge in [0.15, 0.2) is 0 Å². The van der Waals surface area contributed by atoms with Crippen LogP contribution in [0.1, 0.15) is 38.3 Å². The summed E-state index contributed by atoms with van der Waals surface area (Å²) in [6, 6.07) is 8.10. The van der Waals surface area contributed by atoms with Crippen LogP contribution in [-0.2, 0) is 5.60 Å². The van der Waals surface area contributed by atoms with Crippen LogP contribution in [0.2, 0.25) is 0 Å². The first-order valence-corrected chi connectivity index (χ1v) is 5.21. The van der Waals surface area contributed by atoms with Gasteiger partial charge in [-0.1, -0.05) is 43.7 Å². The van der Waals surface area contributed by atoms with Crippen LogP contribution in [0.5, 0.6) is 0 Å². The van der Waals surface area contributed by atoms with Gasteiger partial charge in [0.1, 0.15) is 0 Å². The highest BCUT2D eigenvalue weighted by Gasteiger charge is 2.23. The Hall–Kier alpha value is -0.820. The zero-order valence-electron chi connectivity index (χ0n) is 9.54. The van der Waals surface area contributed by atoms with E-state index in [-0.39, 0.29) is 0 Å². The molecule has 0 spiro atoms. The van der Waals surface area contributed by atoms with Gasteiger partial charge in [-0.3, -0.25) is 0 Å². The van der Waals surface area contributed by atoms with Crippen molar-refractivity contribution in [3.63, 3.8) is 0 Å². The topological polar surface area (TPSA) is 20.2 Å². The highest BCUT2D eigenvalue weighted by molar-refractivity contribution is 5.26. The van der Waals surface area contributed by atoms with Crippen molar-refractivity contribution in [3.05, 3.63) is 35.4 Å². The molecule has 0 saturated carbocycles. The van der Waals surface area contributed by atoms with E-state index in [0.29, 0.717) is 5.92 Å². The van der Waals surface area contributed by atoms with Gasteiger partial charge in [0.25, 0.3) is 0 Å². The van der Waals surface area contributed by atoms with Gasteiger partial charge in [0.05, 0.1) is 5.60 Å². The number of hydrogen-bond donors (Lipinski definition) is 1. The van der Waals surface area contributed by atoms with Gasteiger partial charge in [-0.05, 0) is 31.7 Å². The minimum absolute atomic E-state index is 0.505. The molecule has 1 aromatic rings. The fraction of sp³-hybridized carbons (Fsp3) is 0.538. The molecule has 0 heterocycles. The predicted molar refractivity (Wildman–Crippen MR) is 60.2 cm³/mol. The number of aryl methyl sites for hydroxylation is 1. The maximum absolute atomic E-state index is 10.3. The molecule has 0 radical (unpaired) electrons. The molecule has 1 nitrogen and oxygen atoms in total. The van der Waals surface area contributed by atoms with E-state index in [1.54, 1.807) is 0 Å². The third kappa shape index (κ3) is 2.85. The minimum Gasteiger partial charge on any atom is -0.385 e. The Bertz CT molecular complexity index is 300. The normalized spacial score (nSPS) is 15.6.